The molecule has 0 fully saturated rings. The minimum atomic E-state index is -4.39. The number of carbonyl (C=O) groups excluding carboxylic acids is 2. The van der Waals surface area contributed by atoms with E-state index in [9.17, 15) is 22.4 Å². The Labute approximate surface area is 251 Å². The Kier molecular flexibility index (Phi) is 11.2. The molecule has 0 saturated heterocycles. The molecule has 0 bridgehead atoms. The third kappa shape index (κ3) is 7.92. The number of anilines is 1. The summed E-state index contributed by atoms with van der Waals surface area (Å²) in [4.78, 5) is 28.4. The van der Waals surface area contributed by atoms with Crippen LogP contribution in [0.15, 0.2) is 71.6 Å². The van der Waals surface area contributed by atoms with E-state index < -0.39 is 34.3 Å². The molecule has 0 aliphatic heterocycles. The van der Waals surface area contributed by atoms with Crippen LogP contribution in [-0.2, 0) is 26.2 Å². The highest BCUT2D eigenvalue weighted by Gasteiger charge is 2.34. The number of hydrogen-bond donors (Lipinski definition) is 1. The summed E-state index contributed by atoms with van der Waals surface area (Å²) in [5, 5.41) is 3.35. The Morgan fingerprint density at radius 2 is 1.57 bits per heavy atom. The Morgan fingerprint density at radius 1 is 0.952 bits per heavy atom. The van der Waals surface area contributed by atoms with Gasteiger partial charge in [0, 0.05) is 23.7 Å². The summed E-state index contributed by atoms with van der Waals surface area (Å²) in [6.45, 7) is 4.74. The fourth-order valence-electron chi connectivity index (χ4n) is 4.33. The highest BCUT2D eigenvalue weighted by molar-refractivity contribution is 7.92. The molecule has 3 aromatic carbocycles. The lowest BCUT2D eigenvalue weighted by Gasteiger charge is -2.33. The van der Waals surface area contributed by atoms with E-state index in [1.165, 1.54) is 49.5 Å². The minimum absolute atomic E-state index is 0.0215. The van der Waals surface area contributed by atoms with E-state index in [1.807, 2.05) is 13.8 Å². The van der Waals surface area contributed by atoms with Gasteiger partial charge in [0.15, 0.2) is 11.5 Å². The van der Waals surface area contributed by atoms with Gasteiger partial charge in [0.2, 0.25) is 11.8 Å². The molecule has 0 aromatic heterocycles. The van der Waals surface area contributed by atoms with Crippen LogP contribution < -0.4 is 19.1 Å². The summed E-state index contributed by atoms with van der Waals surface area (Å²) in [6, 6.07) is 14.5. The smallest absolute Gasteiger partial charge is 0.264 e. The minimum Gasteiger partial charge on any atom is -0.493 e. The summed E-state index contributed by atoms with van der Waals surface area (Å²) in [7, 11) is -1.60. The molecule has 1 atom stereocenters. The number of halogens is 2. The van der Waals surface area contributed by atoms with Crippen LogP contribution in [0.4, 0.5) is 10.1 Å². The highest BCUT2D eigenvalue weighted by Crippen LogP contribution is 2.32. The van der Waals surface area contributed by atoms with Gasteiger partial charge in [0.1, 0.15) is 18.4 Å². The maximum atomic E-state index is 14.1. The predicted molar refractivity (Wildman–Crippen MR) is 160 cm³/mol. The van der Waals surface area contributed by atoms with E-state index in [-0.39, 0.29) is 41.2 Å². The topological polar surface area (TPSA) is 105 Å². The Morgan fingerprint density at radius 3 is 2.12 bits per heavy atom. The van der Waals surface area contributed by atoms with Crippen molar-refractivity contribution in [2.24, 2.45) is 0 Å². The monoisotopic (exact) mass is 619 g/mol. The first-order valence-electron chi connectivity index (χ1n) is 13.3. The summed E-state index contributed by atoms with van der Waals surface area (Å²) < 4.78 is 53.3. The lowest BCUT2D eigenvalue weighted by Crippen LogP contribution is -2.53. The van der Waals surface area contributed by atoms with Crippen molar-refractivity contribution in [3.05, 3.63) is 83.1 Å². The maximum absolute atomic E-state index is 14.1. The number of amides is 2. The fourth-order valence-corrected chi connectivity index (χ4v) is 5.88. The summed E-state index contributed by atoms with van der Waals surface area (Å²) in [6.07, 6.45) is 0.275. The zero-order valence-electron chi connectivity index (χ0n) is 24.1. The number of hydrogen-bond acceptors (Lipinski definition) is 6. The van der Waals surface area contributed by atoms with E-state index in [1.54, 1.807) is 31.2 Å². The first-order chi connectivity index (χ1) is 19.9. The Bertz CT molecular complexity index is 1480. The van der Waals surface area contributed by atoms with Crippen molar-refractivity contribution in [2.45, 2.75) is 50.7 Å². The van der Waals surface area contributed by atoms with Crippen LogP contribution in [0, 0.1) is 5.82 Å². The van der Waals surface area contributed by atoms with Crippen LogP contribution in [0.25, 0.3) is 0 Å². The van der Waals surface area contributed by atoms with Crippen molar-refractivity contribution in [1.82, 2.24) is 10.2 Å². The van der Waals surface area contributed by atoms with Crippen molar-refractivity contribution < 1.29 is 31.9 Å². The van der Waals surface area contributed by atoms with E-state index >= 15 is 0 Å². The largest absolute Gasteiger partial charge is 0.493 e. The predicted octanol–water partition coefficient (Wildman–Crippen LogP) is 5.02. The molecular formula is C30H35ClFN3O6S. The molecule has 42 heavy (non-hydrogen) atoms. The Balaban J connectivity index is 2.09. The second-order valence-corrected chi connectivity index (χ2v) is 12.0. The standard InChI is InChI=1S/C30H35ClFN3O6S/c1-6-26(30(37)33-20(2)3)34(18-21-7-9-22(31)10-8-21)29(36)19-35(24-13-11-23(32)12-14-24)42(38,39)25-15-16-27(40-4)28(17-25)41-5/h7-17,20,26H,6,18-19H2,1-5H3,(H,33,37)/t26-/m1/s1. The third-order valence-electron chi connectivity index (χ3n) is 6.42. The van der Waals surface area contributed by atoms with Crippen LogP contribution in [0.1, 0.15) is 32.8 Å². The quantitative estimate of drug-likeness (QED) is 0.288. The molecule has 3 rings (SSSR count). The lowest BCUT2D eigenvalue weighted by atomic mass is 10.1. The normalized spacial score (nSPS) is 12.0. The number of carbonyl (C=O) groups is 2. The van der Waals surface area contributed by atoms with Gasteiger partial charge in [-0.1, -0.05) is 30.7 Å². The number of nitrogens with zero attached hydrogens (tertiary/aromatic N) is 2. The SMILES string of the molecule is CC[C@H](C(=O)NC(C)C)N(Cc1ccc(Cl)cc1)C(=O)CN(c1ccc(F)cc1)S(=O)(=O)c1ccc(OC)c(OC)c1. The van der Waals surface area contributed by atoms with Gasteiger partial charge in [-0.05, 0) is 74.4 Å². The molecule has 3 aromatic rings. The molecule has 0 spiro atoms. The maximum Gasteiger partial charge on any atom is 0.264 e. The van der Waals surface area contributed by atoms with Crippen LogP contribution in [0.3, 0.4) is 0 Å². The summed E-state index contributed by atoms with van der Waals surface area (Å²) in [5.41, 5.74) is 0.755. The molecule has 226 valence electrons. The van der Waals surface area contributed by atoms with Gasteiger partial charge in [0.25, 0.3) is 10.0 Å². The van der Waals surface area contributed by atoms with Gasteiger partial charge in [-0.25, -0.2) is 12.8 Å². The molecule has 0 radical (unpaired) electrons. The van der Waals surface area contributed by atoms with Gasteiger partial charge < -0.3 is 19.7 Å². The molecular weight excluding hydrogens is 585 g/mol. The fraction of sp³-hybridized carbons (Fsp3) is 0.333. The van der Waals surface area contributed by atoms with Crippen molar-refractivity contribution >= 4 is 39.1 Å². The number of sulfonamides is 1. The van der Waals surface area contributed by atoms with Gasteiger partial charge in [0.05, 0.1) is 24.8 Å². The first-order valence-corrected chi connectivity index (χ1v) is 15.1. The average molecular weight is 620 g/mol. The second-order valence-electron chi connectivity index (χ2n) is 9.74. The van der Waals surface area contributed by atoms with E-state index in [4.69, 9.17) is 21.1 Å². The van der Waals surface area contributed by atoms with Gasteiger partial charge >= 0.3 is 0 Å². The zero-order valence-corrected chi connectivity index (χ0v) is 25.7. The van der Waals surface area contributed by atoms with Crippen molar-refractivity contribution in [2.75, 3.05) is 25.1 Å². The molecule has 9 nitrogen and oxygen atoms in total. The van der Waals surface area contributed by atoms with Crippen LogP contribution in [0.5, 0.6) is 11.5 Å². The summed E-state index contributed by atoms with van der Waals surface area (Å²) in [5.74, 6) is -1.09. The molecule has 2 amide bonds. The number of ether oxygens (including phenoxy) is 2. The van der Waals surface area contributed by atoms with Crippen molar-refractivity contribution in [1.29, 1.82) is 0 Å². The van der Waals surface area contributed by atoms with E-state index in [0.29, 0.717) is 16.3 Å². The number of benzene rings is 3. The zero-order chi connectivity index (χ0) is 31.0. The number of nitrogens with one attached hydrogen (secondary N) is 1. The lowest BCUT2D eigenvalue weighted by molar-refractivity contribution is -0.140. The van der Waals surface area contributed by atoms with Crippen LogP contribution >= 0.6 is 11.6 Å². The number of rotatable bonds is 13. The van der Waals surface area contributed by atoms with Gasteiger partial charge in [-0.15, -0.1) is 0 Å². The molecule has 0 heterocycles. The van der Waals surface area contributed by atoms with Gasteiger partial charge in [-0.3, -0.25) is 13.9 Å². The van der Waals surface area contributed by atoms with Crippen molar-refractivity contribution in [3.63, 3.8) is 0 Å². The van der Waals surface area contributed by atoms with Crippen molar-refractivity contribution in [3.8, 4) is 11.5 Å². The van der Waals surface area contributed by atoms with Crippen LogP contribution in [0.2, 0.25) is 5.02 Å². The second kappa shape index (κ2) is 14.4. The molecule has 12 heteroatoms. The molecule has 0 saturated carbocycles. The Hall–Kier alpha value is -3.83. The molecule has 0 unspecified atom stereocenters. The summed E-state index contributed by atoms with van der Waals surface area (Å²) >= 11 is 6.04. The van der Waals surface area contributed by atoms with Crippen LogP contribution in [-0.4, -0.2) is 58.0 Å². The van der Waals surface area contributed by atoms with E-state index in [2.05, 4.69) is 5.32 Å². The number of methoxy groups -OCH3 is 2. The molecule has 0 aliphatic rings. The third-order valence-corrected chi connectivity index (χ3v) is 8.44. The first kappa shape index (κ1) is 32.7. The molecule has 0 aliphatic carbocycles. The molecule has 1 N–H and O–H groups in total. The highest BCUT2D eigenvalue weighted by atomic mass is 35.5. The van der Waals surface area contributed by atoms with E-state index in [0.717, 1.165) is 16.4 Å². The van der Waals surface area contributed by atoms with Gasteiger partial charge in [-0.2, -0.15) is 0 Å². The average Bonchev–Trinajstić information content (AvgIpc) is 2.96.